The van der Waals surface area contributed by atoms with Gasteiger partial charge in [-0.2, -0.15) is 78.9 Å². The molecule has 0 unspecified atom stereocenters. The third-order valence-corrected chi connectivity index (χ3v) is 8.28. The van der Waals surface area contributed by atoms with E-state index in [2.05, 4.69) is 6.58 Å². The van der Waals surface area contributed by atoms with E-state index in [-0.39, 0.29) is 32.9 Å². The van der Waals surface area contributed by atoms with E-state index in [0.29, 0.717) is 32.1 Å². The Hall–Kier alpha value is -2.07. The molecule has 0 aliphatic rings. The molecule has 0 bridgehead atoms. The first-order valence-electron chi connectivity index (χ1n) is 12.8. The number of carbonyl (C=O) groups excluding carboxylic acids is 1. The molecule has 0 rings (SSSR count). The molecule has 0 radical (unpaired) electrons. The third kappa shape index (κ3) is 8.13. The van der Waals surface area contributed by atoms with Crippen molar-refractivity contribution >= 4 is 16.0 Å². The Balaban J connectivity index is 5.55. The van der Waals surface area contributed by atoms with E-state index in [1.54, 1.807) is 0 Å². The van der Waals surface area contributed by atoms with Crippen molar-refractivity contribution in [2.45, 2.75) is 105 Å². The SMILES string of the molecule is C=CCC(=O)OCCCCCCCCCCN(C)S(=O)(=O)C(F)(F)C(F)(F)C(F)(F)C(F)(F)C(F)(F)C(F)(F)C(F)(F)C(F)(F)F. The van der Waals surface area contributed by atoms with Crippen molar-refractivity contribution in [3.05, 3.63) is 12.7 Å². The maximum absolute atomic E-state index is 14.3. The summed E-state index contributed by atoms with van der Waals surface area (Å²) in [6.45, 7) is 2.29. The summed E-state index contributed by atoms with van der Waals surface area (Å²) in [5.74, 6) is -52.1. The fourth-order valence-electron chi connectivity index (χ4n) is 3.49. The molecule has 0 saturated heterocycles. The molecule has 46 heavy (non-hydrogen) atoms. The largest absolute Gasteiger partial charge is 0.465 e. The molecule has 0 N–H and O–H groups in total. The van der Waals surface area contributed by atoms with Gasteiger partial charge in [0.2, 0.25) is 0 Å². The molecular formula is C23H28F17NO4S. The molecule has 5 nitrogen and oxygen atoms in total. The smallest absolute Gasteiger partial charge is 0.460 e. The van der Waals surface area contributed by atoms with Crippen LogP contribution in [-0.4, -0.2) is 85.9 Å². The van der Waals surface area contributed by atoms with Crippen LogP contribution in [0.3, 0.4) is 0 Å². The topological polar surface area (TPSA) is 63.7 Å². The molecule has 0 aliphatic heterocycles. The van der Waals surface area contributed by atoms with Gasteiger partial charge in [-0.25, -0.2) is 8.42 Å². The lowest BCUT2D eigenvalue weighted by atomic mass is 9.91. The quantitative estimate of drug-likeness (QED) is 0.0514. The van der Waals surface area contributed by atoms with Crippen LogP contribution in [0.5, 0.6) is 0 Å². The van der Waals surface area contributed by atoms with Gasteiger partial charge in [0.25, 0.3) is 10.0 Å². The minimum Gasteiger partial charge on any atom is -0.465 e. The Labute approximate surface area is 251 Å². The lowest BCUT2D eigenvalue weighted by Crippen LogP contribution is -2.75. The number of unbranched alkanes of at least 4 members (excludes halogenated alkanes) is 7. The predicted molar refractivity (Wildman–Crippen MR) is 125 cm³/mol. The maximum atomic E-state index is 14.3. The van der Waals surface area contributed by atoms with Gasteiger partial charge in [-0.15, -0.1) is 6.58 Å². The number of nitrogens with zero attached hydrogens (tertiary/aromatic N) is 1. The summed E-state index contributed by atoms with van der Waals surface area (Å²) < 4.78 is 256. The molecule has 274 valence electrons. The number of carbonyl (C=O) groups is 1. The Morgan fingerprint density at radius 1 is 0.609 bits per heavy atom. The normalized spacial score (nSPS) is 14.9. The monoisotopic (exact) mass is 737 g/mol. The highest BCUT2D eigenvalue weighted by atomic mass is 32.2. The fourth-order valence-corrected chi connectivity index (χ4v) is 4.70. The first-order chi connectivity index (χ1) is 20.4. The highest BCUT2D eigenvalue weighted by Gasteiger charge is 2.96. The van der Waals surface area contributed by atoms with Gasteiger partial charge in [-0.3, -0.25) is 4.79 Å². The molecule has 0 saturated carbocycles. The molecule has 0 aromatic heterocycles. The summed E-state index contributed by atoms with van der Waals surface area (Å²) >= 11 is 0. The number of alkyl halides is 17. The lowest BCUT2D eigenvalue weighted by Gasteiger charge is -2.42. The molecule has 0 aliphatic carbocycles. The predicted octanol–water partition coefficient (Wildman–Crippen LogP) is 8.46. The standard InChI is InChI=1S/C23H28F17NO4S/c1-3-12-15(42)45-14-11-9-7-5-4-6-8-10-13-41(2)46(43,44)23(39,40)21(34,35)19(30,31)17(26,27)16(24,25)18(28,29)20(32,33)22(36,37)38/h3H,1,4-14H2,2H3. The van der Waals surface area contributed by atoms with Crippen molar-refractivity contribution in [2.75, 3.05) is 20.2 Å². The second-order valence-electron chi connectivity index (χ2n) is 9.83. The molecule has 23 heteroatoms. The summed E-state index contributed by atoms with van der Waals surface area (Å²) in [5.41, 5.74) is 0. The fraction of sp³-hybridized carbons (Fsp3) is 0.870. The van der Waals surface area contributed by atoms with Crippen LogP contribution >= 0.6 is 0 Å². The second kappa shape index (κ2) is 15.0. The van der Waals surface area contributed by atoms with Crippen molar-refractivity contribution in [1.29, 1.82) is 0 Å². The van der Waals surface area contributed by atoms with Gasteiger partial charge < -0.3 is 4.74 Å². The highest BCUT2D eigenvalue weighted by molar-refractivity contribution is 7.90. The number of hydrogen-bond donors (Lipinski definition) is 0. The van der Waals surface area contributed by atoms with E-state index in [9.17, 15) is 87.8 Å². The van der Waals surface area contributed by atoms with Crippen LogP contribution in [0.4, 0.5) is 74.6 Å². The van der Waals surface area contributed by atoms with E-state index in [0.717, 1.165) is 0 Å². The van der Waals surface area contributed by atoms with Crippen LogP contribution in [-0.2, 0) is 19.6 Å². The van der Waals surface area contributed by atoms with Gasteiger partial charge in [0, 0.05) is 13.6 Å². The van der Waals surface area contributed by atoms with Gasteiger partial charge in [0.05, 0.1) is 13.0 Å². The molecule has 0 aromatic rings. The zero-order valence-electron chi connectivity index (χ0n) is 23.5. The maximum Gasteiger partial charge on any atom is 0.460 e. The van der Waals surface area contributed by atoms with Gasteiger partial charge >= 0.3 is 52.9 Å². The van der Waals surface area contributed by atoms with Crippen LogP contribution in [0, 0.1) is 0 Å². The zero-order chi connectivity index (χ0) is 36.8. The number of sulfonamides is 1. The Kier molecular flexibility index (Phi) is 14.3. The van der Waals surface area contributed by atoms with Crippen LogP contribution in [0.2, 0.25) is 0 Å². The Morgan fingerprint density at radius 2 is 0.957 bits per heavy atom. The summed E-state index contributed by atoms with van der Waals surface area (Å²) in [7, 11) is -7.23. The summed E-state index contributed by atoms with van der Waals surface area (Å²) in [6, 6.07) is 0. The van der Waals surface area contributed by atoms with E-state index in [4.69, 9.17) is 4.74 Å². The van der Waals surface area contributed by atoms with Crippen LogP contribution in [0.25, 0.3) is 0 Å². The van der Waals surface area contributed by atoms with Gasteiger partial charge in [0.1, 0.15) is 0 Å². The molecule has 0 heterocycles. The van der Waals surface area contributed by atoms with Crippen molar-refractivity contribution in [3.8, 4) is 0 Å². The van der Waals surface area contributed by atoms with Crippen LogP contribution in [0.15, 0.2) is 12.7 Å². The molecule has 0 amide bonds. The highest BCUT2D eigenvalue weighted by Crippen LogP contribution is 2.64. The number of esters is 1. The lowest BCUT2D eigenvalue weighted by molar-refractivity contribution is -0.458. The summed E-state index contributed by atoms with van der Waals surface area (Å²) in [4.78, 5) is 11.1. The summed E-state index contributed by atoms with van der Waals surface area (Å²) in [5, 5.41) is -7.54. The first-order valence-corrected chi connectivity index (χ1v) is 14.3. The molecule has 0 spiro atoms. The number of rotatable bonds is 21. The van der Waals surface area contributed by atoms with E-state index in [1.807, 2.05) is 0 Å². The third-order valence-electron chi connectivity index (χ3n) is 6.37. The Morgan fingerprint density at radius 3 is 1.35 bits per heavy atom. The number of halogens is 17. The van der Waals surface area contributed by atoms with E-state index >= 15 is 0 Å². The zero-order valence-corrected chi connectivity index (χ0v) is 24.3. The second-order valence-corrected chi connectivity index (χ2v) is 11.9. The van der Waals surface area contributed by atoms with Crippen LogP contribution < -0.4 is 0 Å². The van der Waals surface area contributed by atoms with Gasteiger partial charge in [-0.1, -0.05) is 44.6 Å². The average Bonchev–Trinajstić information content (AvgIpc) is 2.90. The number of hydrogen-bond acceptors (Lipinski definition) is 4. The Bertz CT molecular complexity index is 1120. The van der Waals surface area contributed by atoms with Crippen molar-refractivity contribution in [3.63, 3.8) is 0 Å². The van der Waals surface area contributed by atoms with Gasteiger partial charge in [0.15, 0.2) is 0 Å². The minimum atomic E-state index is -8.85. The van der Waals surface area contributed by atoms with Crippen molar-refractivity contribution < 1.29 is 92.6 Å². The minimum absolute atomic E-state index is 0.0239. The van der Waals surface area contributed by atoms with Gasteiger partial charge in [-0.05, 0) is 12.8 Å². The number of ether oxygens (including phenoxy) is 1. The molecular weight excluding hydrogens is 709 g/mol. The average molecular weight is 738 g/mol. The summed E-state index contributed by atoms with van der Waals surface area (Å²) in [6.07, 6.45) is -4.01. The van der Waals surface area contributed by atoms with Crippen LogP contribution in [0.1, 0.15) is 57.8 Å². The van der Waals surface area contributed by atoms with E-state index in [1.165, 1.54) is 6.08 Å². The van der Waals surface area contributed by atoms with Crippen molar-refractivity contribution in [2.24, 2.45) is 0 Å². The van der Waals surface area contributed by atoms with E-state index < -0.39 is 80.2 Å². The molecule has 0 fully saturated rings. The first kappa shape index (κ1) is 43.9. The van der Waals surface area contributed by atoms with Crippen molar-refractivity contribution in [1.82, 2.24) is 4.31 Å². The molecule has 0 aromatic carbocycles. The molecule has 0 atom stereocenters.